The van der Waals surface area contributed by atoms with Gasteiger partial charge in [0, 0.05) is 56.1 Å². The highest BCUT2D eigenvalue weighted by Crippen LogP contribution is 2.35. The lowest BCUT2D eigenvalue weighted by molar-refractivity contribution is 1.41. The standard InChI is InChI=1S/C30H19N3/c1-5-19-7-3-15-31-29(19)23(9-1)21-11-13-27-25(17-21)26-18-22(12-14-28(26)33-27)24-10-2-6-20-8-4-16-32-30(20)24/h1-18,33H. The van der Waals surface area contributed by atoms with Crippen LogP contribution in [0.2, 0.25) is 0 Å². The van der Waals surface area contributed by atoms with Gasteiger partial charge in [0.2, 0.25) is 0 Å². The second-order valence-electron chi connectivity index (χ2n) is 8.41. The fraction of sp³-hybridized carbons (Fsp3) is 0. The summed E-state index contributed by atoms with van der Waals surface area (Å²) in [5, 5.41) is 4.73. The van der Waals surface area contributed by atoms with Crippen LogP contribution in [0.4, 0.5) is 0 Å². The zero-order chi connectivity index (χ0) is 21.8. The summed E-state index contributed by atoms with van der Waals surface area (Å²) in [4.78, 5) is 12.9. The molecule has 3 aromatic heterocycles. The number of fused-ring (bicyclic) bond motifs is 5. The Morgan fingerprint density at radius 3 is 1.48 bits per heavy atom. The molecule has 0 aliphatic carbocycles. The maximum atomic E-state index is 4.66. The van der Waals surface area contributed by atoms with Crippen LogP contribution >= 0.6 is 0 Å². The predicted octanol–water partition coefficient (Wildman–Crippen LogP) is 7.75. The lowest BCUT2D eigenvalue weighted by atomic mass is 9.98. The van der Waals surface area contributed by atoms with Crippen LogP contribution in [0.25, 0.3) is 65.9 Å². The zero-order valence-corrected chi connectivity index (χ0v) is 17.8. The first-order chi connectivity index (χ1) is 16.3. The molecule has 0 saturated heterocycles. The molecule has 0 radical (unpaired) electrons. The quantitative estimate of drug-likeness (QED) is 0.310. The molecule has 154 valence electrons. The first-order valence-electron chi connectivity index (χ1n) is 11.1. The average Bonchev–Trinajstić information content (AvgIpc) is 3.25. The largest absolute Gasteiger partial charge is 0.355 e. The predicted molar refractivity (Wildman–Crippen MR) is 137 cm³/mol. The molecule has 0 spiro atoms. The number of aromatic amines is 1. The third kappa shape index (κ3) is 2.83. The minimum atomic E-state index is 1.03. The number of para-hydroxylation sites is 2. The molecule has 0 atom stereocenters. The Bertz CT molecular complexity index is 1680. The number of benzene rings is 4. The molecular weight excluding hydrogens is 402 g/mol. The highest BCUT2D eigenvalue weighted by Gasteiger charge is 2.11. The van der Waals surface area contributed by atoms with Crippen molar-refractivity contribution in [2.24, 2.45) is 0 Å². The third-order valence-corrected chi connectivity index (χ3v) is 6.49. The molecular formula is C30H19N3. The Balaban J connectivity index is 1.46. The van der Waals surface area contributed by atoms with Crippen molar-refractivity contribution in [3.05, 3.63) is 109 Å². The van der Waals surface area contributed by atoms with Gasteiger partial charge < -0.3 is 4.98 Å². The molecule has 3 heteroatoms. The van der Waals surface area contributed by atoms with Gasteiger partial charge >= 0.3 is 0 Å². The van der Waals surface area contributed by atoms with Crippen molar-refractivity contribution >= 4 is 43.6 Å². The van der Waals surface area contributed by atoms with Crippen molar-refractivity contribution in [1.29, 1.82) is 0 Å². The van der Waals surface area contributed by atoms with Crippen LogP contribution in [0.1, 0.15) is 0 Å². The van der Waals surface area contributed by atoms with Gasteiger partial charge in [-0.2, -0.15) is 0 Å². The molecule has 0 aliphatic rings. The van der Waals surface area contributed by atoms with E-state index in [1.54, 1.807) is 0 Å². The fourth-order valence-electron chi connectivity index (χ4n) is 4.91. The van der Waals surface area contributed by atoms with E-state index in [1.807, 2.05) is 24.5 Å². The van der Waals surface area contributed by atoms with E-state index in [0.29, 0.717) is 0 Å². The topological polar surface area (TPSA) is 41.6 Å². The summed E-state index contributed by atoms with van der Waals surface area (Å²) < 4.78 is 0. The molecule has 0 aliphatic heterocycles. The van der Waals surface area contributed by atoms with E-state index in [4.69, 9.17) is 0 Å². The number of H-pyrrole nitrogens is 1. The molecule has 0 saturated carbocycles. The average molecular weight is 422 g/mol. The summed E-state index contributed by atoms with van der Waals surface area (Å²) in [6.45, 7) is 0. The monoisotopic (exact) mass is 421 g/mol. The summed E-state index contributed by atoms with van der Waals surface area (Å²) in [5.41, 5.74) is 8.97. The van der Waals surface area contributed by atoms with Gasteiger partial charge in [-0.3, -0.25) is 9.97 Å². The van der Waals surface area contributed by atoms with Crippen LogP contribution in [-0.2, 0) is 0 Å². The molecule has 4 aromatic carbocycles. The van der Waals surface area contributed by atoms with Gasteiger partial charge in [-0.25, -0.2) is 0 Å². The Morgan fingerprint density at radius 2 is 0.970 bits per heavy atom. The second-order valence-corrected chi connectivity index (χ2v) is 8.41. The summed E-state index contributed by atoms with van der Waals surface area (Å²) in [6.07, 6.45) is 3.72. The molecule has 7 rings (SSSR count). The van der Waals surface area contributed by atoms with Crippen molar-refractivity contribution in [3.8, 4) is 22.3 Å². The Hall–Kier alpha value is -4.50. The van der Waals surface area contributed by atoms with Crippen molar-refractivity contribution in [2.75, 3.05) is 0 Å². The number of hydrogen-bond donors (Lipinski definition) is 1. The minimum Gasteiger partial charge on any atom is -0.355 e. The number of rotatable bonds is 2. The number of hydrogen-bond acceptors (Lipinski definition) is 2. The van der Waals surface area contributed by atoms with E-state index < -0.39 is 0 Å². The third-order valence-electron chi connectivity index (χ3n) is 6.49. The van der Waals surface area contributed by atoms with Crippen LogP contribution in [0, 0.1) is 0 Å². The molecule has 0 amide bonds. The Labute approximate surface area is 190 Å². The first-order valence-corrected chi connectivity index (χ1v) is 11.1. The smallest absolute Gasteiger partial charge is 0.0780 e. The highest BCUT2D eigenvalue weighted by molar-refractivity contribution is 6.11. The zero-order valence-electron chi connectivity index (χ0n) is 17.8. The molecule has 0 unspecified atom stereocenters. The molecule has 33 heavy (non-hydrogen) atoms. The van der Waals surface area contributed by atoms with Crippen LogP contribution in [-0.4, -0.2) is 15.0 Å². The summed E-state index contributed by atoms with van der Waals surface area (Å²) in [5.74, 6) is 0. The van der Waals surface area contributed by atoms with Gasteiger partial charge in [-0.1, -0.05) is 60.7 Å². The van der Waals surface area contributed by atoms with Gasteiger partial charge in [0.1, 0.15) is 0 Å². The maximum Gasteiger partial charge on any atom is 0.0780 e. The normalized spacial score (nSPS) is 11.6. The van der Waals surface area contributed by atoms with Crippen LogP contribution in [0.3, 0.4) is 0 Å². The van der Waals surface area contributed by atoms with E-state index in [0.717, 1.165) is 44.0 Å². The van der Waals surface area contributed by atoms with Crippen LogP contribution in [0.15, 0.2) is 109 Å². The Kier molecular flexibility index (Phi) is 3.84. The number of aromatic nitrogens is 3. The molecule has 3 heterocycles. The molecule has 0 bridgehead atoms. The van der Waals surface area contributed by atoms with E-state index in [2.05, 4.69) is 99.9 Å². The fourth-order valence-corrected chi connectivity index (χ4v) is 4.91. The maximum absolute atomic E-state index is 4.66. The van der Waals surface area contributed by atoms with E-state index in [-0.39, 0.29) is 0 Å². The second kappa shape index (κ2) is 7.01. The summed E-state index contributed by atoms with van der Waals surface area (Å²) >= 11 is 0. The van der Waals surface area contributed by atoms with Crippen molar-refractivity contribution in [2.45, 2.75) is 0 Å². The van der Waals surface area contributed by atoms with Gasteiger partial charge in [0.15, 0.2) is 0 Å². The van der Waals surface area contributed by atoms with E-state index in [1.165, 1.54) is 21.9 Å². The van der Waals surface area contributed by atoms with Crippen molar-refractivity contribution in [1.82, 2.24) is 15.0 Å². The van der Waals surface area contributed by atoms with Gasteiger partial charge in [0.25, 0.3) is 0 Å². The summed E-state index contributed by atoms with van der Waals surface area (Å²) in [7, 11) is 0. The lowest BCUT2D eigenvalue weighted by Crippen LogP contribution is -1.85. The van der Waals surface area contributed by atoms with E-state index in [9.17, 15) is 0 Å². The van der Waals surface area contributed by atoms with Crippen molar-refractivity contribution < 1.29 is 0 Å². The van der Waals surface area contributed by atoms with Gasteiger partial charge in [-0.05, 0) is 47.5 Å². The molecule has 3 nitrogen and oxygen atoms in total. The van der Waals surface area contributed by atoms with Gasteiger partial charge in [0.05, 0.1) is 11.0 Å². The molecule has 7 aromatic rings. The lowest BCUT2D eigenvalue weighted by Gasteiger charge is -2.07. The number of pyridine rings is 2. The first kappa shape index (κ1) is 18.1. The number of nitrogens with one attached hydrogen (secondary N) is 1. The highest BCUT2D eigenvalue weighted by atomic mass is 14.7. The SMILES string of the molecule is c1cnc2c(-c3ccc4[nH]c5ccc(-c6cccc7cccnc67)cc5c4c3)cccc2c1. The molecule has 0 fully saturated rings. The summed E-state index contributed by atoms with van der Waals surface area (Å²) in [6, 6.07) is 34.2. The van der Waals surface area contributed by atoms with Gasteiger partial charge in [-0.15, -0.1) is 0 Å². The van der Waals surface area contributed by atoms with Crippen molar-refractivity contribution in [3.63, 3.8) is 0 Å². The minimum absolute atomic E-state index is 1.03. The van der Waals surface area contributed by atoms with E-state index >= 15 is 0 Å². The van der Waals surface area contributed by atoms with Crippen LogP contribution < -0.4 is 0 Å². The molecule has 1 N–H and O–H groups in total. The Morgan fingerprint density at radius 1 is 0.485 bits per heavy atom. The van der Waals surface area contributed by atoms with Crippen LogP contribution in [0.5, 0.6) is 0 Å². The number of nitrogens with zero attached hydrogens (tertiary/aromatic N) is 2.